The van der Waals surface area contributed by atoms with E-state index < -0.39 is 10.1 Å². The van der Waals surface area contributed by atoms with Crippen molar-refractivity contribution >= 4 is 10.1 Å². The molecular weight excluding hydrogens is 348 g/mol. The summed E-state index contributed by atoms with van der Waals surface area (Å²) in [7, 11) is -3.72. The predicted molar refractivity (Wildman–Crippen MR) is 102 cm³/mol. The van der Waals surface area contributed by atoms with E-state index in [2.05, 4.69) is 13.8 Å². The molecule has 5 heteroatoms. The average Bonchev–Trinajstić information content (AvgIpc) is 2.59. The van der Waals surface area contributed by atoms with Gasteiger partial charge in [0.05, 0.1) is 17.6 Å². The monoisotopic (exact) mass is 380 g/mol. The summed E-state index contributed by atoms with van der Waals surface area (Å²) in [6.45, 7) is 6.54. The SMILES string of the molecule is Cc1ccc(S(=O)(=O)OC[C@H](C)[C@H]2CCC[C@@H]3[C@@H](O)CCC[C@]23C)cc1. The van der Waals surface area contributed by atoms with Gasteiger partial charge in [0.1, 0.15) is 0 Å². The van der Waals surface area contributed by atoms with Gasteiger partial charge in [0.2, 0.25) is 0 Å². The molecule has 1 N–H and O–H groups in total. The maximum Gasteiger partial charge on any atom is 0.296 e. The van der Waals surface area contributed by atoms with Crippen LogP contribution in [0, 0.1) is 30.1 Å². The van der Waals surface area contributed by atoms with Gasteiger partial charge in [-0.2, -0.15) is 8.42 Å². The van der Waals surface area contributed by atoms with Crippen LogP contribution in [-0.2, 0) is 14.3 Å². The molecule has 26 heavy (non-hydrogen) atoms. The lowest BCUT2D eigenvalue weighted by molar-refractivity contribution is -0.0954. The van der Waals surface area contributed by atoms with Gasteiger partial charge in [-0.15, -0.1) is 0 Å². The van der Waals surface area contributed by atoms with Crippen molar-refractivity contribution < 1.29 is 17.7 Å². The predicted octanol–water partition coefficient (Wildman–Crippen LogP) is 4.30. The quantitative estimate of drug-likeness (QED) is 0.774. The highest BCUT2D eigenvalue weighted by Gasteiger charge is 2.50. The molecule has 0 aromatic heterocycles. The van der Waals surface area contributed by atoms with Crippen molar-refractivity contribution in [3.05, 3.63) is 29.8 Å². The van der Waals surface area contributed by atoms with Crippen LogP contribution in [0.1, 0.15) is 57.9 Å². The van der Waals surface area contributed by atoms with Gasteiger partial charge < -0.3 is 5.11 Å². The van der Waals surface area contributed by atoms with Crippen molar-refractivity contribution in [1.29, 1.82) is 0 Å². The molecule has 0 bridgehead atoms. The summed E-state index contributed by atoms with van der Waals surface area (Å²) in [4.78, 5) is 0.219. The number of hydrogen-bond donors (Lipinski definition) is 1. The first kappa shape index (κ1) is 19.8. The largest absolute Gasteiger partial charge is 0.393 e. The molecule has 0 saturated heterocycles. The minimum Gasteiger partial charge on any atom is -0.393 e. The first-order chi connectivity index (χ1) is 12.2. The Morgan fingerprint density at radius 1 is 1.19 bits per heavy atom. The second-order valence-electron chi connectivity index (χ2n) is 8.64. The van der Waals surface area contributed by atoms with E-state index in [1.54, 1.807) is 24.3 Å². The van der Waals surface area contributed by atoms with E-state index in [4.69, 9.17) is 4.18 Å². The van der Waals surface area contributed by atoms with Crippen LogP contribution >= 0.6 is 0 Å². The van der Waals surface area contributed by atoms with Crippen LogP contribution in [0.25, 0.3) is 0 Å². The number of aliphatic hydroxyl groups is 1. The molecule has 4 nitrogen and oxygen atoms in total. The molecule has 2 fully saturated rings. The molecule has 0 aliphatic heterocycles. The standard InChI is InChI=1S/C21H32O4S/c1-15-9-11-17(12-10-15)26(23,24)25-14-16(2)18-6-4-7-19-20(22)8-5-13-21(18,19)3/h9-12,16,18-20,22H,4-8,13-14H2,1-3H3/t16-,18+,19+,20-,21+/m0/s1. The summed E-state index contributed by atoms with van der Waals surface area (Å²) in [6.07, 6.45) is 6.16. The molecule has 1 aromatic carbocycles. The lowest BCUT2D eigenvalue weighted by atomic mass is 9.52. The first-order valence-corrected chi connectivity index (χ1v) is 11.3. The molecule has 0 heterocycles. The fourth-order valence-electron chi connectivity index (χ4n) is 5.41. The number of benzene rings is 1. The highest BCUT2D eigenvalue weighted by atomic mass is 32.2. The van der Waals surface area contributed by atoms with Gasteiger partial charge in [0.25, 0.3) is 10.1 Å². The Bertz CT molecular complexity index is 712. The molecule has 0 amide bonds. The summed E-state index contributed by atoms with van der Waals surface area (Å²) in [5.41, 5.74) is 1.11. The Hall–Kier alpha value is -0.910. The molecule has 146 valence electrons. The van der Waals surface area contributed by atoms with Crippen LogP contribution in [0.4, 0.5) is 0 Å². The third-order valence-corrected chi connectivity index (χ3v) is 8.18. The average molecular weight is 381 g/mol. The molecule has 2 saturated carbocycles. The summed E-state index contributed by atoms with van der Waals surface area (Å²) in [5.74, 6) is 0.879. The summed E-state index contributed by atoms with van der Waals surface area (Å²) in [6, 6.07) is 6.78. The fraction of sp³-hybridized carbons (Fsp3) is 0.714. The number of aryl methyl sites for hydroxylation is 1. The fourth-order valence-corrected chi connectivity index (χ4v) is 6.41. The van der Waals surface area contributed by atoms with E-state index in [9.17, 15) is 13.5 Å². The zero-order chi connectivity index (χ0) is 18.9. The maximum atomic E-state index is 12.5. The molecule has 0 spiro atoms. The number of rotatable bonds is 5. The lowest BCUT2D eigenvalue weighted by Gasteiger charge is -2.54. The van der Waals surface area contributed by atoms with Crippen molar-refractivity contribution in [1.82, 2.24) is 0 Å². The highest BCUT2D eigenvalue weighted by molar-refractivity contribution is 7.86. The van der Waals surface area contributed by atoms with E-state index in [0.717, 1.165) is 44.1 Å². The van der Waals surface area contributed by atoms with Crippen molar-refractivity contribution in [3.8, 4) is 0 Å². The van der Waals surface area contributed by atoms with Gasteiger partial charge >= 0.3 is 0 Å². The van der Waals surface area contributed by atoms with Gasteiger partial charge in [-0.3, -0.25) is 4.18 Å². The molecular formula is C21H32O4S. The molecule has 1 aromatic rings. The van der Waals surface area contributed by atoms with E-state index in [1.165, 1.54) is 0 Å². The minimum atomic E-state index is -3.72. The van der Waals surface area contributed by atoms with Gasteiger partial charge in [0.15, 0.2) is 0 Å². The van der Waals surface area contributed by atoms with Crippen LogP contribution < -0.4 is 0 Å². The smallest absolute Gasteiger partial charge is 0.296 e. The Morgan fingerprint density at radius 3 is 2.58 bits per heavy atom. The lowest BCUT2D eigenvalue weighted by Crippen LogP contribution is -2.49. The molecule has 5 atom stereocenters. The topological polar surface area (TPSA) is 63.6 Å². The van der Waals surface area contributed by atoms with Crippen LogP contribution in [0.3, 0.4) is 0 Å². The second-order valence-corrected chi connectivity index (χ2v) is 10.3. The van der Waals surface area contributed by atoms with Crippen molar-refractivity contribution in [3.63, 3.8) is 0 Å². The first-order valence-electron chi connectivity index (χ1n) is 9.88. The molecule has 0 unspecified atom stereocenters. The molecule has 2 aliphatic carbocycles. The van der Waals surface area contributed by atoms with Crippen LogP contribution in [-0.4, -0.2) is 26.2 Å². The summed E-state index contributed by atoms with van der Waals surface area (Å²) in [5, 5.41) is 10.5. The van der Waals surface area contributed by atoms with E-state index in [1.807, 2.05) is 6.92 Å². The number of hydrogen-bond acceptors (Lipinski definition) is 4. The Labute approximate surface area is 158 Å². The molecule has 3 rings (SSSR count). The summed E-state index contributed by atoms with van der Waals surface area (Å²) >= 11 is 0. The highest BCUT2D eigenvalue weighted by Crippen LogP contribution is 2.55. The Kier molecular flexibility index (Phi) is 5.80. The van der Waals surface area contributed by atoms with Crippen LogP contribution in [0.15, 0.2) is 29.2 Å². The Morgan fingerprint density at radius 2 is 1.88 bits per heavy atom. The minimum absolute atomic E-state index is 0.0896. The maximum absolute atomic E-state index is 12.5. The van der Waals surface area contributed by atoms with Gasteiger partial charge in [-0.1, -0.05) is 44.4 Å². The molecule has 0 radical (unpaired) electrons. The summed E-state index contributed by atoms with van der Waals surface area (Å²) < 4.78 is 30.4. The second kappa shape index (κ2) is 7.61. The van der Waals surface area contributed by atoms with Crippen molar-refractivity contribution in [2.24, 2.45) is 23.2 Å². The zero-order valence-corrected chi connectivity index (χ0v) is 17.0. The third kappa shape index (κ3) is 3.85. The molecule has 2 aliphatic rings. The van der Waals surface area contributed by atoms with Crippen molar-refractivity contribution in [2.75, 3.05) is 6.61 Å². The van der Waals surface area contributed by atoms with Crippen LogP contribution in [0.5, 0.6) is 0 Å². The zero-order valence-electron chi connectivity index (χ0n) is 16.1. The van der Waals surface area contributed by atoms with E-state index >= 15 is 0 Å². The van der Waals surface area contributed by atoms with E-state index in [0.29, 0.717) is 11.8 Å². The van der Waals surface area contributed by atoms with Gasteiger partial charge in [0, 0.05) is 0 Å². The third-order valence-electron chi connectivity index (χ3n) is 6.89. The van der Waals surface area contributed by atoms with Gasteiger partial charge in [-0.05, 0) is 67.9 Å². The van der Waals surface area contributed by atoms with Gasteiger partial charge in [-0.25, -0.2) is 0 Å². The normalized spacial score (nSPS) is 33.5. The van der Waals surface area contributed by atoms with E-state index in [-0.39, 0.29) is 28.9 Å². The number of fused-ring (bicyclic) bond motifs is 1. The van der Waals surface area contributed by atoms with Crippen LogP contribution in [0.2, 0.25) is 0 Å². The van der Waals surface area contributed by atoms with Crippen molar-refractivity contribution in [2.45, 2.75) is 70.3 Å². The number of aliphatic hydroxyl groups excluding tert-OH is 1. The Balaban J connectivity index is 1.69.